The Morgan fingerprint density at radius 1 is 1.24 bits per heavy atom. The van der Waals surface area contributed by atoms with Gasteiger partial charge in [-0.1, -0.05) is 0 Å². The van der Waals surface area contributed by atoms with Crippen LogP contribution in [-0.2, 0) is 14.6 Å². The second kappa shape index (κ2) is 5.21. The molecule has 0 saturated carbocycles. The molecule has 0 aromatic heterocycles. The zero-order valence-electron chi connectivity index (χ0n) is 10.7. The fourth-order valence-electron chi connectivity index (χ4n) is 2.13. The molecule has 9 heteroatoms. The highest BCUT2D eigenvalue weighted by atomic mass is 32.2. The maximum absolute atomic E-state index is 12.4. The van der Waals surface area contributed by atoms with E-state index >= 15 is 0 Å². The summed E-state index contributed by atoms with van der Waals surface area (Å²) in [4.78, 5) is 11.5. The molecule has 0 atom stereocenters. The van der Waals surface area contributed by atoms with Crippen LogP contribution < -0.4 is 4.90 Å². The third-order valence-corrected chi connectivity index (χ3v) is 4.74. The van der Waals surface area contributed by atoms with Gasteiger partial charge in [0.2, 0.25) is 0 Å². The molecule has 0 aliphatic carbocycles. The van der Waals surface area contributed by atoms with Crippen LogP contribution in [0.4, 0.5) is 18.9 Å². The molecule has 116 valence electrons. The standard InChI is InChI=1S/C12H12F3NO4S/c13-12(14,15)21(19,20)10-3-1-9(2-4-10)16-6-8(7-16)5-11(17)18/h1-4,8H,5-7H2,(H,17,18). The van der Waals surface area contributed by atoms with Crippen molar-refractivity contribution in [3.05, 3.63) is 24.3 Å². The third kappa shape index (κ3) is 3.12. The topological polar surface area (TPSA) is 74.7 Å². The van der Waals surface area contributed by atoms with Crippen LogP contribution in [0, 0.1) is 5.92 Å². The molecule has 0 spiro atoms. The van der Waals surface area contributed by atoms with Gasteiger partial charge in [0.15, 0.2) is 0 Å². The summed E-state index contributed by atoms with van der Waals surface area (Å²) < 4.78 is 59.5. The molecule has 1 aliphatic rings. The second-order valence-electron chi connectivity index (χ2n) is 4.81. The number of halogens is 3. The van der Waals surface area contributed by atoms with Crippen molar-refractivity contribution in [3.63, 3.8) is 0 Å². The van der Waals surface area contributed by atoms with Gasteiger partial charge in [-0.2, -0.15) is 13.2 Å². The fourth-order valence-corrected chi connectivity index (χ4v) is 2.89. The average molecular weight is 323 g/mol. The summed E-state index contributed by atoms with van der Waals surface area (Å²) >= 11 is 0. The Kier molecular flexibility index (Phi) is 3.87. The quantitative estimate of drug-likeness (QED) is 0.916. The minimum Gasteiger partial charge on any atom is -0.481 e. The van der Waals surface area contributed by atoms with E-state index in [0.717, 1.165) is 12.1 Å². The summed E-state index contributed by atoms with van der Waals surface area (Å²) in [6.45, 7) is 0.968. The van der Waals surface area contributed by atoms with Crippen molar-refractivity contribution < 1.29 is 31.5 Å². The number of nitrogens with zero attached hydrogens (tertiary/aromatic N) is 1. The molecule has 0 unspecified atom stereocenters. The van der Waals surface area contributed by atoms with Crippen molar-refractivity contribution in [1.82, 2.24) is 0 Å². The van der Waals surface area contributed by atoms with Crippen molar-refractivity contribution in [1.29, 1.82) is 0 Å². The number of benzene rings is 1. The Morgan fingerprint density at radius 3 is 2.19 bits per heavy atom. The number of carboxylic acids is 1. The molecular weight excluding hydrogens is 311 g/mol. The van der Waals surface area contributed by atoms with Gasteiger partial charge in [-0.05, 0) is 24.3 Å². The van der Waals surface area contributed by atoms with Crippen LogP contribution in [0.25, 0.3) is 0 Å². The lowest BCUT2D eigenvalue weighted by Crippen LogP contribution is -2.47. The SMILES string of the molecule is O=C(O)CC1CN(c2ccc(S(=O)(=O)C(F)(F)F)cc2)C1. The normalized spacial score (nSPS) is 16.6. The number of sulfone groups is 1. The molecular formula is C12H12F3NO4S. The zero-order chi connectivity index (χ0) is 15.8. The van der Waals surface area contributed by atoms with Crippen molar-refractivity contribution >= 4 is 21.5 Å². The van der Waals surface area contributed by atoms with E-state index in [1.54, 1.807) is 4.90 Å². The molecule has 1 aromatic rings. The van der Waals surface area contributed by atoms with Gasteiger partial charge >= 0.3 is 11.5 Å². The first-order valence-electron chi connectivity index (χ1n) is 5.99. The van der Waals surface area contributed by atoms with Gasteiger partial charge in [0.1, 0.15) is 0 Å². The highest BCUT2D eigenvalue weighted by molar-refractivity contribution is 7.92. The van der Waals surface area contributed by atoms with Gasteiger partial charge in [-0.3, -0.25) is 4.79 Å². The largest absolute Gasteiger partial charge is 0.501 e. The first-order valence-corrected chi connectivity index (χ1v) is 7.48. The van der Waals surface area contributed by atoms with Crippen LogP contribution >= 0.6 is 0 Å². The first-order chi connectivity index (χ1) is 9.61. The summed E-state index contributed by atoms with van der Waals surface area (Å²) in [5, 5.41) is 8.62. The Morgan fingerprint density at radius 2 is 1.76 bits per heavy atom. The predicted molar refractivity (Wildman–Crippen MR) is 67.6 cm³/mol. The lowest BCUT2D eigenvalue weighted by molar-refractivity contribution is -0.138. The summed E-state index contributed by atoms with van der Waals surface area (Å²) in [5.74, 6) is -0.896. The van der Waals surface area contributed by atoms with Crippen LogP contribution in [0.15, 0.2) is 29.2 Å². The molecule has 1 aliphatic heterocycles. The third-order valence-electron chi connectivity index (χ3n) is 3.24. The van der Waals surface area contributed by atoms with Crippen molar-refractivity contribution in [2.75, 3.05) is 18.0 Å². The minimum absolute atomic E-state index is 0.00100. The van der Waals surface area contributed by atoms with E-state index in [1.165, 1.54) is 12.1 Å². The molecule has 5 nitrogen and oxygen atoms in total. The van der Waals surface area contributed by atoms with Gasteiger partial charge in [0.05, 0.1) is 11.3 Å². The number of carboxylic acid groups (broad SMARTS) is 1. The molecule has 0 bridgehead atoms. The van der Waals surface area contributed by atoms with Crippen molar-refractivity contribution in [2.45, 2.75) is 16.8 Å². The van der Waals surface area contributed by atoms with E-state index in [-0.39, 0.29) is 12.3 Å². The van der Waals surface area contributed by atoms with E-state index in [0.29, 0.717) is 18.8 Å². The smallest absolute Gasteiger partial charge is 0.481 e. The molecule has 1 saturated heterocycles. The second-order valence-corrected chi connectivity index (χ2v) is 6.75. The molecule has 1 aromatic carbocycles. The first kappa shape index (κ1) is 15.6. The van der Waals surface area contributed by atoms with E-state index in [9.17, 15) is 26.4 Å². The lowest BCUT2D eigenvalue weighted by Gasteiger charge is -2.40. The number of carbonyl (C=O) groups is 1. The molecule has 2 rings (SSSR count). The highest BCUT2D eigenvalue weighted by Gasteiger charge is 2.46. The maximum atomic E-state index is 12.4. The van der Waals surface area contributed by atoms with Gasteiger partial charge in [0, 0.05) is 24.7 Å². The van der Waals surface area contributed by atoms with Gasteiger partial charge in [-0.15, -0.1) is 0 Å². The van der Waals surface area contributed by atoms with E-state index in [1.807, 2.05) is 0 Å². The number of rotatable bonds is 4. The number of hydrogen-bond donors (Lipinski definition) is 1. The molecule has 0 amide bonds. The Labute approximate surface area is 118 Å². The van der Waals surface area contributed by atoms with E-state index in [2.05, 4.69) is 0 Å². The maximum Gasteiger partial charge on any atom is 0.501 e. The van der Waals surface area contributed by atoms with E-state index < -0.39 is 26.2 Å². The lowest BCUT2D eigenvalue weighted by atomic mass is 9.96. The minimum atomic E-state index is -5.33. The summed E-state index contributed by atoms with van der Waals surface area (Å²) in [5.41, 5.74) is -4.75. The van der Waals surface area contributed by atoms with Gasteiger partial charge in [-0.25, -0.2) is 8.42 Å². The highest BCUT2D eigenvalue weighted by Crippen LogP contribution is 2.32. The molecule has 0 radical (unpaired) electrons. The monoisotopic (exact) mass is 323 g/mol. The van der Waals surface area contributed by atoms with Crippen LogP contribution in [0.5, 0.6) is 0 Å². The van der Waals surface area contributed by atoms with Crippen molar-refractivity contribution in [2.24, 2.45) is 5.92 Å². The van der Waals surface area contributed by atoms with Gasteiger partial charge < -0.3 is 10.0 Å². The Hall–Kier alpha value is -1.77. The summed E-state index contributed by atoms with van der Waals surface area (Å²) in [7, 11) is -5.33. The number of hydrogen-bond acceptors (Lipinski definition) is 4. The van der Waals surface area contributed by atoms with Crippen LogP contribution in [0.2, 0.25) is 0 Å². The summed E-state index contributed by atoms with van der Waals surface area (Å²) in [6, 6.07) is 4.39. The van der Waals surface area contributed by atoms with E-state index in [4.69, 9.17) is 5.11 Å². The van der Waals surface area contributed by atoms with Crippen LogP contribution in [0.1, 0.15) is 6.42 Å². The Balaban J connectivity index is 2.06. The van der Waals surface area contributed by atoms with Crippen molar-refractivity contribution in [3.8, 4) is 0 Å². The van der Waals surface area contributed by atoms with Crippen LogP contribution in [-0.4, -0.2) is 38.1 Å². The number of alkyl halides is 3. The number of aliphatic carboxylic acids is 1. The molecule has 1 heterocycles. The fraction of sp³-hybridized carbons (Fsp3) is 0.417. The van der Waals surface area contributed by atoms with Gasteiger partial charge in [0.25, 0.3) is 9.84 Å². The number of anilines is 1. The predicted octanol–water partition coefficient (Wildman–Crippen LogP) is 1.89. The molecule has 1 N–H and O–H groups in total. The Bertz CT molecular complexity index is 633. The van der Waals surface area contributed by atoms with Crippen LogP contribution in [0.3, 0.4) is 0 Å². The zero-order valence-corrected chi connectivity index (χ0v) is 11.5. The molecule has 21 heavy (non-hydrogen) atoms. The summed E-state index contributed by atoms with van der Waals surface area (Å²) in [6.07, 6.45) is 0.0387. The molecule has 1 fully saturated rings. The average Bonchev–Trinajstić information content (AvgIpc) is 2.32.